The minimum atomic E-state index is -3.75. The van der Waals surface area contributed by atoms with E-state index in [-0.39, 0.29) is 49.5 Å². The summed E-state index contributed by atoms with van der Waals surface area (Å²) in [5.74, 6) is -1.17. The highest BCUT2D eigenvalue weighted by atomic mass is 32.2. The molecule has 0 heterocycles. The second-order valence-corrected chi connectivity index (χ2v) is 10.7. The van der Waals surface area contributed by atoms with E-state index in [0.29, 0.717) is 0 Å². The molecule has 0 spiro atoms. The number of benzene rings is 2. The maximum Gasteiger partial charge on any atom is 0.242 e. The van der Waals surface area contributed by atoms with Crippen molar-refractivity contribution >= 4 is 27.5 Å². The molecule has 2 atom stereocenters. The molecule has 1 N–H and O–H groups in total. The second kappa shape index (κ2) is 12.7. The quantitative estimate of drug-likeness (QED) is 0.472. The Kier molecular flexibility index (Phi) is 10.2. The van der Waals surface area contributed by atoms with E-state index in [4.69, 9.17) is 0 Å². The van der Waals surface area contributed by atoms with Crippen LogP contribution in [0.1, 0.15) is 51.2 Å². The van der Waals surface area contributed by atoms with Crippen molar-refractivity contribution in [2.24, 2.45) is 0 Å². The predicted octanol–water partition coefficient (Wildman–Crippen LogP) is 4.01. The molecule has 0 radical (unpaired) electrons. The van der Waals surface area contributed by atoms with Crippen molar-refractivity contribution in [1.29, 1.82) is 0 Å². The average molecular weight is 506 g/mol. The summed E-state index contributed by atoms with van der Waals surface area (Å²) in [5.41, 5.74) is 1.87. The Balaban J connectivity index is 2.20. The van der Waals surface area contributed by atoms with Gasteiger partial charge in [0.2, 0.25) is 21.8 Å². The Morgan fingerprint density at radius 2 is 1.69 bits per heavy atom. The fourth-order valence-corrected chi connectivity index (χ4v) is 4.62. The number of hydrogen-bond donors (Lipinski definition) is 1. The zero-order valence-electron chi connectivity index (χ0n) is 21.1. The van der Waals surface area contributed by atoms with Crippen LogP contribution >= 0.6 is 0 Å². The predicted molar refractivity (Wildman–Crippen MR) is 137 cm³/mol. The number of rotatable bonds is 12. The minimum absolute atomic E-state index is 0.00725. The number of para-hydroxylation sites is 1. The zero-order chi connectivity index (χ0) is 26.2. The molecule has 9 heteroatoms. The molecule has 0 bridgehead atoms. The summed E-state index contributed by atoms with van der Waals surface area (Å²) in [6.45, 7) is 7.70. The van der Waals surface area contributed by atoms with Crippen LogP contribution in [0, 0.1) is 12.7 Å². The third-order valence-electron chi connectivity index (χ3n) is 6.04. The topological polar surface area (TPSA) is 86.8 Å². The van der Waals surface area contributed by atoms with Crippen LogP contribution in [-0.4, -0.2) is 50.0 Å². The van der Waals surface area contributed by atoms with E-state index in [2.05, 4.69) is 5.32 Å². The number of halogens is 1. The molecule has 0 aliphatic carbocycles. The summed E-state index contributed by atoms with van der Waals surface area (Å²) in [6, 6.07) is 12.5. The van der Waals surface area contributed by atoms with Gasteiger partial charge in [0.25, 0.3) is 0 Å². The number of sulfonamides is 1. The van der Waals surface area contributed by atoms with E-state index in [9.17, 15) is 22.4 Å². The van der Waals surface area contributed by atoms with Gasteiger partial charge in [-0.05, 0) is 56.9 Å². The monoisotopic (exact) mass is 505 g/mol. The molecule has 192 valence electrons. The maximum absolute atomic E-state index is 14.3. The lowest BCUT2D eigenvalue weighted by Gasteiger charge is -2.30. The van der Waals surface area contributed by atoms with Gasteiger partial charge in [0.1, 0.15) is 11.9 Å². The third kappa shape index (κ3) is 8.06. The molecule has 0 saturated heterocycles. The Labute approximate surface area is 208 Å². The largest absolute Gasteiger partial charge is 0.352 e. The first-order valence-electron chi connectivity index (χ1n) is 11.8. The van der Waals surface area contributed by atoms with Gasteiger partial charge in [-0.3, -0.25) is 13.9 Å². The molecule has 7 nitrogen and oxygen atoms in total. The van der Waals surface area contributed by atoms with E-state index < -0.39 is 21.9 Å². The third-order valence-corrected chi connectivity index (χ3v) is 7.22. The molecule has 0 aliphatic rings. The van der Waals surface area contributed by atoms with Crippen molar-refractivity contribution in [2.75, 3.05) is 17.1 Å². The van der Waals surface area contributed by atoms with Crippen molar-refractivity contribution in [2.45, 2.75) is 65.6 Å². The first-order chi connectivity index (χ1) is 16.5. The molecule has 35 heavy (non-hydrogen) atoms. The van der Waals surface area contributed by atoms with Crippen LogP contribution in [0.15, 0.2) is 48.5 Å². The number of nitrogens with zero attached hydrogens (tertiary/aromatic N) is 2. The molecule has 2 amide bonds. The van der Waals surface area contributed by atoms with Gasteiger partial charge in [-0.1, -0.05) is 43.3 Å². The van der Waals surface area contributed by atoms with Gasteiger partial charge < -0.3 is 10.2 Å². The summed E-state index contributed by atoms with van der Waals surface area (Å²) < 4.78 is 39.9. The van der Waals surface area contributed by atoms with E-state index in [1.807, 2.05) is 45.0 Å². The van der Waals surface area contributed by atoms with Gasteiger partial charge in [0.15, 0.2) is 0 Å². The lowest BCUT2D eigenvalue weighted by molar-refractivity contribution is -0.140. The summed E-state index contributed by atoms with van der Waals surface area (Å²) in [4.78, 5) is 27.7. The lowest BCUT2D eigenvalue weighted by atomic mass is 10.1. The Morgan fingerprint density at radius 1 is 1.06 bits per heavy atom. The number of carbonyl (C=O) groups excluding carboxylic acids is 2. The number of aryl methyl sites for hydroxylation is 1. The second-order valence-electron chi connectivity index (χ2n) is 8.83. The zero-order valence-corrected chi connectivity index (χ0v) is 21.9. The summed E-state index contributed by atoms with van der Waals surface area (Å²) in [5, 5.41) is 2.92. The van der Waals surface area contributed by atoms with Gasteiger partial charge in [-0.25, -0.2) is 12.8 Å². The van der Waals surface area contributed by atoms with Gasteiger partial charge in [0.05, 0.1) is 11.9 Å². The van der Waals surface area contributed by atoms with Gasteiger partial charge in [-0.2, -0.15) is 0 Å². The number of carbonyl (C=O) groups is 2. The van der Waals surface area contributed by atoms with E-state index in [0.717, 1.165) is 28.1 Å². The minimum Gasteiger partial charge on any atom is -0.352 e. The van der Waals surface area contributed by atoms with Crippen LogP contribution in [0.3, 0.4) is 0 Å². The molecule has 0 aromatic heterocycles. The molecule has 2 unspecified atom stereocenters. The number of amides is 2. The van der Waals surface area contributed by atoms with Crippen molar-refractivity contribution in [3.05, 3.63) is 65.5 Å². The lowest BCUT2D eigenvalue weighted by Crippen LogP contribution is -2.49. The van der Waals surface area contributed by atoms with Crippen molar-refractivity contribution in [3.63, 3.8) is 0 Å². The van der Waals surface area contributed by atoms with Gasteiger partial charge in [-0.15, -0.1) is 0 Å². The fraction of sp³-hybridized carbons (Fsp3) is 0.462. The van der Waals surface area contributed by atoms with Crippen LogP contribution in [-0.2, 0) is 26.2 Å². The number of nitrogens with one attached hydrogen (secondary N) is 1. The summed E-state index contributed by atoms with van der Waals surface area (Å²) in [6.07, 6.45) is 1.95. The Morgan fingerprint density at radius 3 is 2.29 bits per heavy atom. The first kappa shape index (κ1) is 28.3. The molecule has 0 aliphatic heterocycles. The normalized spacial score (nSPS) is 13.1. The van der Waals surface area contributed by atoms with E-state index in [1.54, 1.807) is 13.0 Å². The molecule has 0 fully saturated rings. The highest BCUT2D eigenvalue weighted by Gasteiger charge is 2.28. The van der Waals surface area contributed by atoms with E-state index >= 15 is 0 Å². The summed E-state index contributed by atoms with van der Waals surface area (Å²) >= 11 is 0. The Bertz CT molecular complexity index is 1120. The molecule has 2 aromatic rings. The first-order valence-corrected chi connectivity index (χ1v) is 13.7. The highest BCUT2D eigenvalue weighted by molar-refractivity contribution is 7.92. The Hall–Kier alpha value is -2.94. The molecule has 2 aromatic carbocycles. The fourth-order valence-electron chi connectivity index (χ4n) is 3.66. The van der Waals surface area contributed by atoms with Crippen LogP contribution < -0.4 is 9.62 Å². The average Bonchev–Trinajstić information content (AvgIpc) is 2.80. The van der Waals surface area contributed by atoms with Crippen LogP contribution in [0.2, 0.25) is 0 Å². The molecule has 0 saturated carbocycles. The maximum atomic E-state index is 14.3. The SMILES string of the molecule is CCC(C)NC(=O)C(C)N(Cc1ccccc1C)C(=O)CCCN(c1ccccc1F)S(C)(=O)=O. The van der Waals surface area contributed by atoms with Crippen molar-refractivity contribution < 1.29 is 22.4 Å². The van der Waals surface area contributed by atoms with Crippen molar-refractivity contribution in [1.82, 2.24) is 10.2 Å². The highest BCUT2D eigenvalue weighted by Crippen LogP contribution is 2.22. The van der Waals surface area contributed by atoms with Crippen molar-refractivity contribution in [3.8, 4) is 0 Å². The molecular formula is C26H36FN3O4S. The standard InChI is InChI=1S/C26H36FN3O4S/c1-6-20(3)28-26(32)21(4)29(18-22-13-8-7-12-19(22)2)25(31)16-11-17-30(35(5,33)34)24-15-10-9-14-23(24)27/h7-10,12-15,20-21H,6,11,16-18H2,1-5H3,(H,28,32). The number of anilines is 1. The molecule has 2 rings (SSSR count). The van der Waals surface area contributed by atoms with Crippen LogP contribution in [0.5, 0.6) is 0 Å². The van der Waals surface area contributed by atoms with Gasteiger partial charge in [0, 0.05) is 25.6 Å². The molecular weight excluding hydrogens is 469 g/mol. The number of hydrogen-bond acceptors (Lipinski definition) is 4. The summed E-state index contributed by atoms with van der Waals surface area (Å²) in [7, 11) is -3.75. The van der Waals surface area contributed by atoms with E-state index in [1.165, 1.54) is 23.1 Å². The van der Waals surface area contributed by atoms with Crippen LogP contribution in [0.4, 0.5) is 10.1 Å². The van der Waals surface area contributed by atoms with Gasteiger partial charge >= 0.3 is 0 Å². The smallest absolute Gasteiger partial charge is 0.242 e. The van der Waals surface area contributed by atoms with Crippen LogP contribution in [0.25, 0.3) is 0 Å².